The van der Waals surface area contributed by atoms with Crippen LogP contribution in [0.5, 0.6) is 0 Å². The summed E-state index contributed by atoms with van der Waals surface area (Å²) in [5, 5.41) is 3.02. The molecule has 2 aromatic carbocycles. The maximum atomic E-state index is 12.7. The lowest BCUT2D eigenvalue weighted by Crippen LogP contribution is -2.19. The van der Waals surface area contributed by atoms with Gasteiger partial charge in [-0.05, 0) is 61.3 Å². The maximum absolute atomic E-state index is 12.7. The van der Waals surface area contributed by atoms with Crippen molar-refractivity contribution in [2.24, 2.45) is 0 Å². The van der Waals surface area contributed by atoms with Crippen LogP contribution in [0.15, 0.2) is 67.3 Å². The first-order valence-electron chi connectivity index (χ1n) is 9.44. The van der Waals surface area contributed by atoms with Crippen molar-refractivity contribution in [3.05, 3.63) is 83.9 Å². The molecule has 1 fully saturated rings. The summed E-state index contributed by atoms with van der Waals surface area (Å²) in [5.74, 6) is -0.0712. The molecule has 0 atom stereocenters. The maximum Gasteiger partial charge on any atom is 0.255 e. The van der Waals surface area contributed by atoms with E-state index < -0.39 is 0 Å². The molecule has 5 heteroatoms. The summed E-state index contributed by atoms with van der Waals surface area (Å²) in [6.07, 6.45) is 8.03. The Balaban J connectivity index is 1.42. The first-order valence-corrected chi connectivity index (χ1v) is 9.44. The van der Waals surface area contributed by atoms with Crippen molar-refractivity contribution >= 4 is 11.6 Å². The van der Waals surface area contributed by atoms with E-state index in [1.54, 1.807) is 12.5 Å². The lowest BCUT2D eigenvalue weighted by atomic mass is 10.1. The van der Waals surface area contributed by atoms with Crippen LogP contribution in [-0.2, 0) is 13.1 Å². The number of imidazole rings is 1. The number of benzene rings is 2. The SMILES string of the molecule is O=C(Nc1cccc(Cn2ccnc2)c1)c1cccc(CN2CCCC2)c1. The monoisotopic (exact) mass is 360 g/mol. The molecule has 1 aliphatic heterocycles. The number of hydrogen-bond donors (Lipinski definition) is 1. The number of likely N-dealkylation sites (tertiary alicyclic amines) is 1. The molecule has 27 heavy (non-hydrogen) atoms. The van der Waals surface area contributed by atoms with Crippen LogP contribution >= 0.6 is 0 Å². The Kier molecular flexibility index (Phi) is 5.30. The molecule has 4 rings (SSSR count). The van der Waals surface area contributed by atoms with Crippen LogP contribution in [0, 0.1) is 0 Å². The third kappa shape index (κ3) is 4.63. The molecule has 1 amide bonds. The molecule has 5 nitrogen and oxygen atoms in total. The van der Waals surface area contributed by atoms with Gasteiger partial charge in [0.2, 0.25) is 0 Å². The summed E-state index contributed by atoms with van der Waals surface area (Å²) in [7, 11) is 0. The fraction of sp³-hybridized carbons (Fsp3) is 0.273. The number of aromatic nitrogens is 2. The van der Waals surface area contributed by atoms with Crippen LogP contribution in [0.3, 0.4) is 0 Å². The Morgan fingerprint density at radius 1 is 1.00 bits per heavy atom. The molecule has 0 bridgehead atoms. The van der Waals surface area contributed by atoms with Crippen molar-refractivity contribution in [3.63, 3.8) is 0 Å². The van der Waals surface area contributed by atoms with Crippen LogP contribution in [0.1, 0.15) is 34.3 Å². The zero-order valence-electron chi connectivity index (χ0n) is 15.3. The highest BCUT2D eigenvalue weighted by Crippen LogP contribution is 2.16. The molecule has 3 aromatic rings. The third-order valence-corrected chi connectivity index (χ3v) is 4.90. The van der Waals surface area contributed by atoms with E-state index in [0.29, 0.717) is 5.56 Å². The fourth-order valence-electron chi connectivity index (χ4n) is 3.55. The van der Waals surface area contributed by atoms with Crippen LogP contribution < -0.4 is 5.32 Å². The highest BCUT2D eigenvalue weighted by Gasteiger charge is 2.13. The molecule has 0 radical (unpaired) electrons. The number of anilines is 1. The molecule has 0 saturated carbocycles. The zero-order chi connectivity index (χ0) is 18.5. The smallest absolute Gasteiger partial charge is 0.255 e. The van der Waals surface area contributed by atoms with Gasteiger partial charge in [0.1, 0.15) is 0 Å². The van der Waals surface area contributed by atoms with Crippen LogP contribution in [0.4, 0.5) is 5.69 Å². The van der Waals surface area contributed by atoms with Crippen molar-refractivity contribution < 1.29 is 4.79 Å². The molecule has 1 N–H and O–H groups in total. The van der Waals surface area contributed by atoms with Crippen molar-refractivity contribution in [2.75, 3.05) is 18.4 Å². The Morgan fingerprint density at radius 2 is 1.78 bits per heavy atom. The highest BCUT2D eigenvalue weighted by molar-refractivity contribution is 6.04. The number of carbonyl (C=O) groups is 1. The van der Waals surface area contributed by atoms with E-state index in [1.807, 2.05) is 53.2 Å². The number of hydrogen-bond acceptors (Lipinski definition) is 3. The number of nitrogens with zero attached hydrogens (tertiary/aromatic N) is 3. The van der Waals surface area contributed by atoms with Crippen LogP contribution in [0.2, 0.25) is 0 Å². The molecule has 0 unspecified atom stereocenters. The summed E-state index contributed by atoms with van der Waals surface area (Å²) in [6.45, 7) is 3.96. The van der Waals surface area contributed by atoms with E-state index in [4.69, 9.17) is 0 Å². The molecular formula is C22H24N4O. The third-order valence-electron chi connectivity index (χ3n) is 4.90. The minimum atomic E-state index is -0.0712. The first-order chi connectivity index (χ1) is 13.3. The molecule has 138 valence electrons. The van der Waals surface area contributed by atoms with Gasteiger partial charge in [-0.1, -0.05) is 24.3 Å². The van der Waals surface area contributed by atoms with Crippen molar-refractivity contribution in [1.29, 1.82) is 0 Å². The normalized spacial score (nSPS) is 14.4. The van der Waals surface area contributed by atoms with Crippen molar-refractivity contribution in [1.82, 2.24) is 14.5 Å². The summed E-state index contributed by atoms with van der Waals surface area (Å²) in [4.78, 5) is 19.2. The molecule has 0 spiro atoms. The Morgan fingerprint density at radius 3 is 2.56 bits per heavy atom. The van der Waals surface area contributed by atoms with Gasteiger partial charge in [0, 0.05) is 36.7 Å². The molecule has 2 heterocycles. The summed E-state index contributed by atoms with van der Waals surface area (Å²) < 4.78 is 2.00. The Labute approximate surface area is 159 Å². The average molecular weight is 360 g/mol. The van der Waals surface area contributed by atoms with E-state index in [1.165, 1.54) is 18.4 Å². The number of nitrogens with one attached hydrogen (secondary N) is 1. The predicted molar refractivity (Wildman–Crippen MR) is 107 cm³/mol. The standard InChI is InChI=1S/C22H24N4O/c27-22(20-7-3-5-18(13-20)15-25-10-1-2-11-25)24-21-8-4-6-19(14-21)16-26-12-9-23-17-26/h3-9,12-14,17H,1-2,10-11,15-16H2,(H,24,27). The lowest BCUT2D eigenvalue weighted by Gasteiger charge is -2.15. The second-order valence-electron chi connectivity index (χ2n) is 7.07. The topological polar surface area (TPSA) is 50.2 Å². The quantitative estimate of drug-likeness (QED) is 0.728. The number of carbonyl (C=O) groups excluding carboxylic acids is 1. The van der Waals surface area contributed by atoms with Gasteiger partial charge < -0.3 is 9.88 Å². The summed E-state index contributed by atoms with van der Waals surface area (Å²) in [6, 6.07) is 15.9. The molecule has 1 aliphatic rings. The molecule has 1 saturated heterocycles. The molecule has 1 aromatic heterocycles. The summed E-state index contributed by atoms with van der Waals surface area (Å²) in [5.41, 5.74) is 3.82. The largest absolute Gasteiger partial charge is 0.333 e. The second-order valence-corrected chi connectivity index (χ2v) is 7.07. The van der Waals surface area contributed by atoms with Gasteiger partial charge >= 0.3 is 0 Å². The minimum Gasteiger partial charge on any atom is -0.333 e. The van der Waals surface area contributed by atoms with Gasteiger partial charge in [-0.15, -0.1) is 0 Å². The molecule has 0 aliphatic carbocycles. The Hall–Kier alpha value is -2.92. The van der Waals surface area contributed by atoms with Crippen LogP contribution in [0.25, 0.3) is 0 Å². The first kappa shape index (κ1) is 17.5. The van der Waals surface area contributed by atoms with Gasteiger partial charge in [0.25, 0.3) is 5.91 Å². The lowest BCUT2D eigenvalue weighted by molar-refractivity contribution is 0.102. The highest BCUT2D eigenvalue weighted by atomic mass is 16.1. The molecular weight excluding hydrogens is 336 g/mol. The summed E-state index contributed by atoms with van der Waals surface area (Å²) >= 11 is 0. The fourth-order valence-corrected chi connectivity index (χ4v) is 3.55. The van der Waals surface area contributed by atoms with E-state index in [9.17, 15) is 4.79 Å². The van der Waals surface area contributed by atoms with Gasteiger partial charge in [-0.2, -0.15) is 0 Å². The average Bonchev–Trinajstić information content (AvgIpc) is 3.36. The van der Waals surface area contributed by atoms with Crippen LogP contribution in [-0.4, -0.2) is 33.4 Å². The van der Waals surface area contributed by atoms with Crippen molar-refractivity contribution in [3.8, 4) is 0 Å². The zero-order valence-corrected chi connectivity index (χ0v) is 15.3. The van der Waals surface area contributed by atoms with E-state index in [2.05, 4.69) is 21.3 Å². The van der Waals surface area contributed by atoms with E-state index in [-0.39, 0.29) is 5.91 Å². The van der Waals surface area contributed by atoms with Gasteiger partial charge in [-0.25, -0.2) is 4.98 Å². The Bertz CT molecular complexity index is 898. The second kappa shape index (κ2) is 8.18. The van der Waals surface area contributed by atoms with Gasteiger partial charge in [0.05, 0.1) is 6.33 Å². The van der Waals surface area contributed by atoms with E-state index in [0.717, 1.165) is 37.4 Å². The number of rotatable bonds is 6. The minimum absolute atomic E-state index is 0.0712. The predicted octanol–water partition coefficient (Wildman–Crippen LogP) is 3.78. The number of amides is 1. The van der Waals surface area contributed by atoms with Crippen molar-refractivity contribution in [2.45, 2.75) is 25.9 Å². The van der Waals surface area contributed by atoms with E-state index >= 15 is 0 Å². The van der Waals surface area contributed by atoms with Gasteiger partial charge in [-0.3, -0.25) is 9.69 Å². The van der Waals surface area contributed by atoms with Gasteiger partial charge in [0.15, 0.2) is 0 Å².